The predicted molar refractivity (Wildman–Crippen MR) is 102 cm³/mol. The third-order valence-corrected chi connectivity index (χ3v) is 4.80. The Morgan fingerprint density at radius 3 is 2.20 bits per heavy atom. The molecule has 3 rings (SSSR count). The Hall–Kier alpha value is -2.51. The topological polar surface area (TPSA) is 0 Å². The molecule has 0 saturated heterocycles. The molecule has 25 heavy (non-hydrogen) atoms. The van der Waals surface area contributed by atoms with Gasteiger partial charge >= 0.3 is 0 Å². The fourth-order valence-corrected chi connectivity index (χ4v) is 3.06. The molecule has 0 atom stereocenters. The summed E-state index contributed by atoms with van der Waals surface area (Å²) >= 11 is 0. The smallest absolute Gasteiger partial charge is 0.140 e. The highest BCUT2D eigenvalue weighted by molar-refractivity contribution is 5.47. The van der Waals surface area contributed by atoms with Crippen LogP contribution in [0.25, 0.3) is 0 Å². The second-order valence-electron chi connectivity index (χ2n) is 7.04. The average Bonchev–Trinajstić information content (AvgIpc) is 2.62. The molecule has 0 aliphatic heterocycles. The van der Waals surface area contributed by atoms with Crippen LogP contribution in [0.5, 0.6) is 0 Å². The van der Waals surface area contributed by atoms with Crippen molar-refractivity contribution in [1.29, 1.82) is 0 Å². The van der Waals surface area contributed by atoms with Crippen LogP contribution < -0.4 is 0 Å². The largest absolute Gasteiger partial charge is 0.206 e. The third-order valence-electron chi connectivity index (χ3n) is 4.80. The van der Waals surface area contributed by atoms with Gasteiger partial charge in [-0.2, -0.15) is 0 Å². The van der Waals surface area contributed by atoms with E-state index in [1.54, 1.807) is 6.07 Å². The van der Waals surface area contributed by atoms with Crippen molar-refractivity contribution in [2.75, 3.05) is 0 Å². The maximum atomic E-state index is 14.3. The monoisotopic (exact) mass is 330 g/mol. The first kappa shape index (κ1) is 17.3. The minimum atomic E-state index is -0.302. The lowest BCUT2D eigenvalue weighted by molar-refractivity contribution is 0.337. The van der Waals surface area contributed by atoms with Crippen LogP contribution >= 0.6 is 0 Å². The normalized spacial score (nSPS) is 19.3. The van der Waals surface area contributed by atoms with Gasteiger partial charge in [-0.25, -0.2) is 4.39 Å². The van der Waals surface area contributed by atoms with E-state index in [0.717, 1.165) is 29.9 Å². The molecular weight excluding hydrogens is 307 g/mol. The van der Waals surface area contributed by atoms with Gasteiger partial charge in [-0.1, -0.05) is 48.3 Å². The molecule has 0 amide bonds. The zero-order valence-electron chi connectivity index (χ0n) is 14.9. The molecule has 0 N–H and O–H groups in total. The summed E-state index contributed by atoms with van der Waals surface area (Å²) < 4.78 is 14.3. The van der Waals surface area contributed by atoms with Crippen LogP contribution in [0, 0.1) is 48.3 Å². The highest BCUT2D eigenvalue weighted by Gasteiger charge is 2.15. The maximum absolute atomic E-state index is 14.3. The molecule has 1 aliphatic carbocycles. The molecule has 0 unspecified atom stereocenters. The Kier molecular flexibility index (Phi) is 5.57. The van der Waals surface area contributed by atoms with Gasteiger partial charge in [0.1, 0.15) is 5.82 Å². The SMILES string of the molecule is Cc1ccc(C#Cc2ccc(C#CC3CCC(C)CC3)cc2F)cc1. The lowest BCUT2D eigenvalue weighted by atomic mass is 9.83. The zero-order valence-corrected chi connectivity index (χ0v) is 14.9. The van der Waals surface area contributed by atoms with Gasteiger partial charge in [-0.05, 0) is 68.9 Å². The molecule has 0 aromatic heterocycles. The summed E-state index contributed by atoms with van der Waals surface area (Å²) in [5, 5.41) is 0. The van der Waals surface area contributed by atoms with Gasteiger partial charge in [-0.15, -0.1) is 0 Å². The predicted octanol–water partition coefficient (Wildman–Crippen LogP) is 5.71. The number of hydrogen-bond donors (Lipinski definition) is 0. The molecule has 0 spiro atoms. The molecule has 1 fully saturated rings. The van der Waals surface area contributed by atoms with Crippen molar-refractivity contribution in [2.24, 2.45) is 11.8 Å². The van der Waals surface area contributed by atoms with Crippen LogP contribution in [0.4, 0.5) is 4.39 Å². The Balaban J connectivity index is 1.70. The number of halogens is 1. The van der Waals surface area contributed by atoms with Crippen molar-refractivity contribution in [3.8, 4) is 23.7 Å². The van der Waals surface area contributed by atoms with Crippen LogP contribution in [0.15, 0.2) is 42.5 Å². The fraction of sp³-hybridized carbons (Fsp3) is 0.333. The second kappa shape index (κ2) is 8.04. The van der Waals surface area contributed by atoms with Crippen molar-refractivity contribution in [3.63, 3.8) is 0 Å². The Morgan fingerprint density at radius 1 is 0.840 bits per heavy atom. The summed E-state index contributed by atoms with van der Waals surface area (Å²) in [6, 6.07) is 13.0. The van der Waals surface area contributed by atoms with Crippen LogP contribution in [0.1, 0.15) is 54.9 Å². The zero-order chi connectivity index (χ0) is 17.6. The summed E-state index contributed by atoms with van der Waals surface area (Å²) in [7, 11) is 0. The molecule has 1 heteroatoms. The van der Waals surface area contributed by atoms with Crippen molar-refractivity contribution >= 4 is 0 Å². The molecule has 2 aromatic carbocycles. The standard InChI is InChI=1S/C24H23F/c1-18-3-7-20(8-4-18)11-12-22-14-16-23(24(25)17-22)15-13-21-9-5-19(2)6-10-21/h5-6,9-10,14,16-18,20H,3-4,7-8H2,1-2H3. The summed E-state index contributed by atoms with van der Waals surface area (Å²) in [6.07, 6.45) is 4.83. The van der Waals surface area contributed by atoms with Crippen molar-refractivity contribution < 1.29 is 4.39 Å². The van der Waals surface area contributed by atoms with Gasteiger partial charge in [0.2, 0.25) is 0 Å². The van der Waals surface area contributed by atoms with E-state index in [0.29, 0.717) is 11.5 Å². The lowest BCUT2D eigenvalue weighted by Gasteiger charge is -2.21. The van der Waals surface area contributed by atoms with Gasteiger partial charge in [0.15, 0.2) is 0 Å². The van der Waals surface area contributed by atoms with Crippen molar-refractivity contribution in [3.05, 3.63) is 70.5 Å². The first-order valence-corrected chi connectivity index (χ1v) is 9.00. The van der Waals surface area contributed by atoms with Crippen LogP contribution in [-0.2, 0) is 0 Å². The quantitative estimate of drug-likeness (QED) is 0.543. The first-order chi connectivity index (χ1) is 12.1. The molecule has 0 nitrogen and oxygen atoms in total. The minimum Gasteiger partial charge on any atom is -0.206 e. The average molecular weight is 330 g/mol. The highest BCUT2D eigenvalue weighted by atomic mass is 19.1. The molecule has 1 saturated carbocycles. The van der Waals surface area contributed by atoms with Crippen molar-refractivity contribution in [1.82, 2.24) is 0 Å². The van der Waals surface area contributed by atoms with E-state index >= 15 is 0 Å². The molecule has 1 aliphatic rings. The Labute approximate surface area is 150 Å². The first-order valence-electron chi connectivity index (χ1n) is 9.00. The highest BCUT2D eigenvalue weighted by Crippen LogP contribution is 2.27. The van der Waals surface area contributed by atoms with Gasteiger partial charge in [-0.3, -0.25) is 0 Å². The van der Waals surface area contributed by atoms with E-state index < -0.39 is 0 Å². The van der Waals surface area contributed by atoms with Crippen LogP contribution in [0.3, 0.4) is 0 Å². The maximum Gasteiger partial charge on any atom is 0.140 e. The van der Waals surface area contributed by atoms with Crippen LogP contribution in [0.2, 0.25) is 0 Å². The van der Waals surface area contributed by atoms with Gasteiger partial charge < -0.3 is 0 Å². The molecule has 2 aromatic rings. The van der Waals surface area contributed by atoms with E-state index in [4.69, 9.17) is 0 Å². The number of rotatable bonds is 0. The van der Waals surface area contributed by atoms with E-state index in [-0.39, 0.29) is 5.82 Å². The molecule has 126 valence electrons. The number of aryl methyl sites for hydroxylation is 1. The van der Waals surface area contributed by atoms with Crippen LogP contribution in [-0.4, -0.2) is 0 Å². The van der Waals surface area contributed by atoms with E-state index in [1.807, 2.05) is 37.3 Å². The second-order valence-corrected chi connectivity index (χ2v) is 7.04. The third kappa shape index (κ3) is 4.98. The fourth-order valence-electron chi connectivity index (χ4n) is 3.06. The van der Waals surface area contributed by atoms with Gasteiger partial charge in [0.25, 0.3) is 0 Å². The minimum absolute atomic E-state index is 0.302. The Bertz CT molecular complexity index is 845. The molecule has 0 radical (unpaired) electrons. The summed E-state index contributed by atoms with van der Waals surface area (Å²) in [4.78, 5) is 0. The number of benzene rings is 2. The van der Waals surface area contributed by atoms with Gasteiger partial charge in [0, 0.05) is 17.0 Å². The Morgan fingerprint density at radius 2 is 1.52 bits per heavy atom. The molecule has 0 heterocycles. The number of hydrogen-bond acceptors (Lipinski definition) is 0. The summed E-state index contributed by atoms with van der Waals surface area (Å²) in [5.74, 6) is 13.4. The lowest BCUT2D eigenvalue weighted by Crippen LogP contribution is -2.10. The van der Waals surface area contributed by atoms with Crippen molar-refractivity contribution in [2.45, 2.75) is 39.5 Å². The van der Waals surface area contributed by atoms with Gasteiger partial charge in [0.05, 0.1) is 5.56 Å². The molecule has 0 bridgehead atoms. The summed E-state index contributed by atoms with van der Waals surface area (Å²) in [5.41, 5.74) is 3.22. The van der Waals surface area contributed by atoms with E-state index in [9.17, 15) is 4.39 Å². The van der Waals surface area contributed by atoms with E-state index in [1.165, 1.54) is 24.5 Å². The molecular formula is C24H23F. The van der Waals surface area contributed by atoms with E-state index in [2.05, 4.69) is 30.6 Å². The summed E-state index contributed by atoms with van der Waals surface area (Å²) in [6.45, 7) is 4.33.